The minimum Gasteiger partial charge on any atom is -0.445 e. The molecule has 2 rings (SSSR count). The molecule has 0 aromatic heterocycles. The van der Waals surface area contributed by atoms with Gasteiger partial charge in [0.25, 0.3) is 10.1 Å². The maximum atomic E-state index is 12.0. The lowest BCUT2D eigenvalue weighted by molar-refractivity contribution is 0.131. The van der Waals surface area contributed by atoms with Crippen molar-refractivity contribution in [2.24, 2.45) is 0 Å². The summed E-state index contributed by atoms with van der Waals surface area (Å²) in [5.41, 5.74) is 1.82. The fourth-order valence-electron chi connectivity index (χ4n) is 2.19. The first-order valence-electron chi connectivity index (χ1n) is 7.78. The fourth-order valence-corrected chi connectivity index (χ4v) is 2.60. The van der Waals surface area contributed by atoms with Crippen molar-refractivity contribution in [3.63, 3.8) is 0 Å². The number of carbonyl (C=O) groups is 1. The normalized spacial score (nSPS) is 12.4. The Kier molecular flexibility index (Phi) is 6.97. The van der Waals surface area contributed by atoms with Crippen LogP contribution in [0.15, 0.2) is 60.7 Å². The van der Waals surface area contributed by atoms with E-state index < -0.39 is 22.3 Å². The van der Waals surface area contributed by atoms with Crippen molar-refractivity contribution in [1.82, 2.24) is 5.32 Å². The molecular formula is C18H21NO5S. The molecule has 0 radical (unpaired) electrons. The van der Waals surface area contributed by atoms with E-state index in [2.05, 4.69) is 5.32 Å². The van der Waals surface area contributed by atoms with Crippen molar-refractivity contribution in [2.75, 3.05) is 12.9 Å². The van der Waals surface area contributed by atoms with Gasteiger partial charge >= 0.3 is 6.09 Å². The van der Waals surface area contributed by atoms with Gasteiger partial charge in [-0.05, 0) is 17.5 Å². The summed E-state index contributed by atoms with van der Waals surface area (Å²) < 4.78 is 32.4. The molecule has 1 amide bonds. The highest BCUT2D eigenvalue weighted by Crippen LogP contribution is 2.06. The van der Waals surface area contributed by atoms with E-state index in [1.807, 2.05) is 60.7 Å². The minimum absolute atomic E-state index is 0.137. The van der Waals surface area contributed by atoms with Gasteiger partial charge in [-0.3, -0.25) is 4.18 Å². The van der Waals surface area contributed by atoms with E-state index in [1.54, 1.807) is 0 Å². The van der Waals surface area contributed by atoms with Gasteiger partial charge < -0.3 is 10.1 Å². The van der Waals surface area contributed by atoms with E-state index in [1.165, 1.54) is 0 Å². The highest BCUT2D eigenvalue weighted by atomic mass is 32.2. The minimum atomic E-state index is -3.59. The SMILES string of the molecule is CS(=O)(=O)OC[C@H](Cc1ccccc1)NC(=O)OCc1ccccc1. The van der Waals surface area contributed by atoms with Crippen molar-refractivity contribution in [3.05, 3.63) is 71.8 Å². The van der Waals surface area contributed by atoms with E-state index >= 15 is 0 Å². The van der Waals surface area contributed by atoms with Gasteiger partial charge in [0.2, 0.25) is 0 Å². The third-order valence-electron chi connectivity index (χ3n) is 3.34. The van der Waals surface area contributed by atoms with Gasteiger partial charge in [-0.1, -0.05) is 60.7 Å². The summed E-state index contributed by atoms with van der Waals surface area (Å²) >= 11 is 0. The molecule has 0 heterocycles. The van der Waals surface area contributed by atoms with Gasteiger partial charge in [0, 0.05) is 0 Å². The van der Waals surface area contributed by atoms with Gasteiger partial charge in [-0.15, -0.1) is 0 Å². The lowest BCUT2D eigenvalue weighted by atomic mass is 10.1. The van der Waals surface area contributed by atoms with Gasteiger partial charge in [0.05, 0.1) is 18.9 Å². The Labute approximate surface area is 147 Å². The van der Waals surface area contributed by atoms with Gasteiger partial charge in [-0.25, -0.2) is 4.79 Å². The molecule has 2 aromatic carbocycles. The summed E-state index contributed by atoms with van der Waals surface area (Å²) in [5, 5.41) is 2.66. The zero-order chi connectivity index (χ0) is 18.1. The maximum Gasteiger partial charge on any atom is 0.407 e. The van der Waals surface area contributed by atoms with Crippen molar-refractivity contribution in [1.29, 1.82) is 0 Å². The summed E-state index contributed by atoms with van der Waals surface area (Å²) in [4.78, 5) is 12.0. The zero-order valence-corrected chi connectivity index (χ0v) is 14.7. The number of hydrogen-bond acceptors (Lipinski definition) is 5. The molecule has 25 heavy (non-hydrogen) atoms. The number of benzene rings is 2. The van der Waals surface area contributed by atoms with Crippen LogP contribution in [0.4, 0.5) is 4.79 Å². The molecule has 2 aromatic rings. The van der Waals surface area contributed by atoms with Gasteiger partial charge in [0.1, 0.15) is 6.61 Å². The molecule has 0 aliphatic carbocycles. The van der Waals surface area contributed by atoms with Crippen LogP contribution >= 0.6 is 0 Å². The number of carbonyl (C=O) groups excluding carboxylic acids is 1. The Balaban J connectivity index is 1.92. The van der Waals surface area contributed by atoms with Crippen LogP contribution in [0.25, 0.3) is 0 Å². The maximum absolute atomic E-state index is 12.0. The Morgan fingerprint density at radius 1 is 1.00 bits per heavy atom. The first-order chi connectivity index (χ1) is 11.9. The monoisotopic (exact) mass is 363 g/mol. The zero-order valence-electron chi connectivity index (χ0n) is 13.9. The molecule has 7 heteroatoms. The molecule has 1 atom stereocenters. The molecule has 0 unspecified atom stereocenters. The lowest BCUT2D eigenvalue weighted by Gasteiger charge is -2.18. The molecule has 0 aliphatic rings. The molecule has 1 N–H and O–H groups in total. The topological polar surface area (TPSA) is 81.7 Å². The summed E-state index contributed by atoms with van der Waals surface area (Å²) in [6.45, 7) is -0.0220. The number of hydrogen-bond donors (Lipinski definition) is 1. The molecule has 0 saturated carbocycles. The van der Waals surface area contributed by atoms with Crippen LogP contribution in [-0.4, -0.2) is 33.4 Å². The molecule has 134 valence electrons. The molecule has 0 spiro atoms. The van der Waals surface area contributed by atoms with Crippen LogP contribution in [0, 0.1) is 0 Å². The Morgan fingerprint density at radius 3 is 2.12 bits per heavy atom. The second-order valence-electron chi connectivity index (χ2n) is 5.58. The predicted octanol–water partition coefficient (Wildman–Crippen LogP) is 2.50. The predicted molar refractivity (Wildman–Crippen MR) is 94.5 cm³/mol. The number of rotatable bonds is 8. The number of nitrogens with one attached hydrogen (secondary N) is 1. The van der Waals surface area contributed by atoms with Gasteiger partial charge in [-0.2, -0.15) is 8.42 Å². The summed E-state index contributed by atoms with van der Waals surface area (Å²) in [6, 6.07) is 18.2. The number of ether oxygens (including phenoxy) is 1. The van der Waals surface area contributed by atoms with Crippen LogP contribution in [0.5, 0.6) is 0 Å². The molecule has 0 aliphatic heterocycles. The number of amides is 1. The summed E-state index contributed by atoms with van der Waals surface area (Å²) in [6.07, 6.45) is 0.777. The number of alkyl carbamates (subject to hydrolysis) is 1. The highest BCUT2D eigenvalue weighted by molar-refractivity contribution is 7.85. The first-order valence-corrected chi connectivity index (χ1v) is 9.59. The molecule has 0 bridgehead atoms. The standard InChI is InChI=1S/C18H21NO5S/c1-25(21,22)24-14-17(12-15-8-4-2-5-9-15)19-18(20)23-13-16-10-6-3-7-11-16/h2-11,17H,12-14H2,1H3,(H,19,20)/t17-/m0/s1. The van der Waals surface area contributed by atoms with Crippen LogP contribution in [0.1, 0.15) is 11.1 Å². The molecular weight excluding hydrogens is 342 g/mol. The average molecular weight is 363 g/mol. The largest absolute Gasteiger partial charge is 0.445 e. The molecule has 0 saturated heterocycles. The van der Waals surface area contributed by atoms with Crippen LogP contribution in [-0.2, 0) is 32.1 Å². The quantitative estimate of drug-likeness (QED) is 0.729. The van der Waals surface area contributed by atoms with Crippen LogP contribution in [0.2, 0.25) is 0 Å². The van der Waals surface area contributed by atoms with E-state index in [9.17, 15) is 13.2 Å². The first kappa shape index (κ1) is 19.0. The van der Waals surface area contributed by atoms with E-state index in [-0.39, 0.29) is 13.2 Å². The molecule has 0 fully saturated rings. The smallest absolute Gasteiger partial charge is 0.407 e. The average Bonchev–Trinajstić information content (AvgIpc) is 2.59. The van der Waals surface area contributed by atoms with E-state index in [0.29, 0.717) is 6.42 Å². The van der Waals surface area contributed by atoms with Crippen molar-refractivity contribution >= 4 is 16.2 Å². The Hall–Kier alpha value is -2.38. The molecule has 6 nitrogen and oxygen atoms in total. The highest BCUT2D eigenvalue weighted by Gasteiger charge is 2.17. The van der Waals surface area contributed by atoms with Crippen LogP contribution in [0.3, 0.4) is 0 Å². The van der Waals surface area contributed by atoms with E-state index in [0.717, 1.165) is 17.4 Å². The van der Waals surface area contributed by atoms with Crippen molar-refractivity contribution in [2.45, 2.75) is 19.1 Å². The van der Waals surface area contributed by atoms with Crippen LogP contribution < -0.4 is 5.32 Å². The van der Waals surface area contributed by atoms with Crippen molar-refractivity contribution < 1.29 is 22.1 Å². The van der Waals surface area contributed by atoms with Gasteiger partial charge in [0.15, 0.2) is 0 Å². The third-order valence-corrected chi connectivity index (χ3v) is 3.91. The Bertz CT molecular complexity index is 763. The van der Waals surface area contributed by atoms with Crippen molar-refractivity contribution in [3.8, 4) is 0 Å². The summed E-state index contributed by atoms with van der Waals surface area (Å²) in [7, 11) is -3.59. The Morgan fingerprint density at radius 2 is 1.56 bits per heavy atom. The lowest BCUT2D eigenvalue weighted by Crippen LogP contribution is -2.40. The third kappa shape index (κ3) is 7.82. The fraction of sp³-hybridized carbons (Fsp3) is 0.278. The summed E-state index contributed by atoms with van der Waals surface area (Å²) in [5.74, 6) is 0. The second kappa shape index (κ2) is 9.19. The second-order valence-corrected chi connectivity index (χ2v) is 7.23. The van der Waals surface area contributed by atoms with E-state index in [4.69, 9.17) is 8.92 Å².